The van der Waals surface area contributed by atoms with Gasteiger partial charge in [-0.25, -0.2) is 0 Å². The highest BCUT2D eigenvalue weighted by Gasteiger charge is 2.16. The van der Waals surface area contributed by atoms with Crippen LogP contribution in [0.25, 0.3) is 0 Å². The summed E-state index contributed by atoms with van der Waals surface area (Å²) in [6.45, 7) is 2.19. The quantitative estimate of drug-likeness (QED) is 0.304. The van der Waals surface area contributed by atoms with Gasteiger partial charge in [-0.1, -0.05) is 50.1 Å². The van der Waals surface area contributed by atoms with Crippen molar-refractivity contribution in [2.75, 3.05) is 7.11 Å². The summed E-state index contributed by atoms with van der Waals surface area (Å²) >= 11 is 1.52. The number of thioether (sulfide) groups is 1. The van der Waals surface area contributed by atoms with Crippen molar-refractivity contribution in [2.24, 2.45) is 0 Å². The summed E-state index contributed by atoms with van der Waals surface area (Å²) in [4.78, 5) is 12.8. The zero-order chi connectivity index (χ0) is 13.9. The first-order valence-electron chi connectivity index (χ1n) is 6.74. The normalized spacial score (nSPS) is 12.5. The van der Waals surface area contributed by atoms with Crippen molar-refractivity contribution in [3.05, 3.63) is 42.5 Å². The lowest BCUT2D eigenvalue weighted by molar-refractivity contribution is -0.139. The molecule has 0 saturated carbocycles. The summed E-state index contributed by atoms with van der Waals surface area (Å²) in [6, 6.07) is 9.93. The van der Waals surface area contributed by atoms with Crippen LogP contribution in [0.15, 0.2) is 47.4 Å². The van der Waals surface area contributed by atoms with Gasteiger partial charge in [-0.3, -0.25) is 4.79 Å². The van der Waals surface area contributed by atoms with Gasteiger partial charge >= 0.3 is 5.97 Å². The number of rotatable bonds is 8. The van der Waals surface area contributed by atoms with Crippen molar-refractivity contribution >= 4 is 17.7 Å². The first kappa shape index (κ1) is 15.8. The molecule has 3 heteroatoms. The van der Waals surface area contributed by atoms with Crippen molar-refractivity contribution in [3.8, 4) is 0 Å². The number of unbranched alkanes of at least 4 members (excludes halogenated alkanes) is 3. The smallest absolute Gasteiger partial charge is 0.323 e. The number of methoxy groups -OCH3 is 1. The van der Waals surface area contributed by atoms with E-state index in [4.69, 9.17) is 4.74 Å². The van der Waals surface area contributed by atoms with E-state index in [0.29, 0.717) is 0 Å². The van der Waals surface area contributed by atoms with Gasteiger partial charge < -0.3 is 4.74 Å². The Morgan fingerprint density at radius 2 is 2.05 bits per heavy atom. The van der Waals surface area contributed by atoms with Crippen LogP contribution in [0.5, 0.6) is 0 Å². The van der Waals surface area contributed by atoms with Crippen LogP contribution in [0, 0.1) is 0 Å². The van der Waals surface area contributed by atoms with Crippen LogP contribution in [-0.4, -0.2) is 18.3 Å². The molecular weight excluding hydrogens is 256 g/mol. The predicted molar refractivity (Wildman–Crippen MR) is 81.4 cm³/mol. The van der Waals surface area contributed by atoms with Crippen LogP contribution >= 0.6 is 11.8 Å². The summed E-state index contributed by atoms with van der Waals surface area (Å²) < 4.78 is 4.85. The van der Waals surface area contributed by atoms with Gasteiger partial charge in [-0.15, -0.1) is 11.8 Å². The molecule has 0 heterocycles. The molecule has 0 amide bonds. The number of ether oxygens (including phenoxy) is 1. The third-order valence-electron chi connectivity index (χ3n) is 2.72. The van der Waals surface area contributed by atoms with Crippen LogP contribution in [-0.2, 0) is 9.53 Å². The molecule has 0 spiro atoms. The number of esters is 1. The predicted octanol–water partition coefficient (Wildman–Crippen LogP) is 4.46. The Labute approximate surface area is 120 Å². The lowest BCUT2D eigenvalue weighted by atomic mass is 10.2. The summed E-state index contributed by atoms with van der Waals surface area (Å²) in [5.41, 5.74) is 0. The molecule has 0 bridgehead atoms. The van der Waals surface area contributed by atoms with Crippen molar-refractivity contribution in [1.82, 2.24) is 0 Å². The van der Waals surface area contributed by atoms with Gasteiger partial charge in [0.25, 0.3) is 0 Å². The number of benzene rings is 1. The van der Waals surface area contributed by atoms with Gasteiger partial charge in [0.2, 0.25) is 0 Å². The summed E-state index contributed by atoms with van der Waals surface area (Å²) in [7, 11) is 1.44. The molecule has 0 radical (unpaired) electrons. The van der Waals surface area contributed by atoms with Gasteiger partial charge in [-0.2, -0.15) is 0 Å². The molecule has 0 saturated heterocycles. The van der Waals surface area contributed by atoms with Crippen molar-refractivity contribution in [3.63, 3.8) is 0 Å². The molecule has 0 aromatic heterocycles. The third-order valence-corrected chi connectivity index (χ3v) is 3.87. The monoisotopic (exact) mass is 278 g/mol. The largest absolute Gasteiger partial charge is 0.468 e. The van der Waals surface area contributed by atoms with Crippen LogP contribution < -0.4 is 0 Å². The standard InChI is InChI=1S/C16H22O2S/c1-3-4-5-6-10-13-15(16(17)18-2)19-14-11-8-7-9-12-14/h7-13,15H,3-6H2,1-2H3/b13-10-. The second-order valence-electron chi connectivity index (χ2n) is 4.30. The molecule has 1 rings (SSSR count). The Bertz CT molecular complexity index is 387. The molecule has 0 fully saturated rings. The van der Waals surface area contributed by atoms with E-state index in [1.54, 1.807) is 0 Å². The van der Waals surface area contributed by atoms with Gasteiger partial charge in [0, 0.05) is 4.90 Å². The molecule has 1 aromatic carbocycles. The first-order valence-corrected chi connectivity index (χ1v) is 7.62. The van der Waals surface area contributed by atoms with Crippen LogP contribution in [0.2, 0.25) is 0 Å². The lowest BCUT2D eigenvalue weighted by Gasteiger charge is -2.10. The summed E-state index contributed by atoms with van der Waals surface area (Å²) in [5.74, 6) is -0.194. The maximum Gasteiger partial charge on any atom is 0.323 e. The van der Waals surface area contributed by atoms with E-state index in [2.05, 4.69) is 13.0 Å². The van der Waals surface area contributed by atoms with E-state index in [1.807, 2.05) is 36.4 Å². The van der Waals surface area contributed by atoms with E-state index < -0.39 is 0 Å². The Kier molecular flexibility index (Phi) is 8.07. The van der Waals surface area contributed by atoms with Crippen molar-refractivity contribution < 1.29 is 9.53 Å². The number of hydrogen-bond acceptors (Lipinski definition) is 3. The van der Waals surface area contributed by atoms with Gasteiger partial charge in [0.1, 0.15) is 5.25 Å². The molecule has 0 N–H and O–H groups in total. The summed E-state index contributed by atoms with van der Waals surface area (Å²) in [5, 5.41) is -0.256. The van der Waals surface area contributed by atoms with Gasteiger partial charge in [0.15, 0.2) is 0 Å². The molecule has 0 aliphatic heterocycles. The Hall–Kier alpha value is -1.22. The average molecular weight is 278 g/mol. The lowest BCUT2D eigenvalue weighted by Crippen LogP contribution is -2.16. The fourth-order valence-electron chi connectivity index (χ4n) is 1.66. The highest BCUT2D eigenvalue weighted by Crippen LogP contribution is 2.25. The molecule has 104 valence electrons. The Morgan fingerprint density at radius 3 is 2.68 bits per heavy atom. The van der Waals surface area contributed by atoms with Crippen LogP contribution in [0.1, 0.15) is 32.6 Å². The average Bonchev–Trinajstić information content (AvgIpc) is 2.46. The molecule has 2 nitrogen and oxygen atoms in total. The number of allylic oxidation sites excluding steroid dienone is 1. The first-order chi connectivity index (χ1) is 9.27. The van der Waals surface area contributed by atoms with E-state index >= 15 is 0 Å². The van der Waals surface area contributed by atoms with E-state index in [1.165, 1.54) is 38.1 Å². The van der Waals surface area contributed by atoms with E-state index in [-0.39, 0.29) is 11.2 Å². The van der Waals surface area contributed by atoms with Crippen molar-refractivity contribution in [1.29, 1.82) is 0 Å². The number of carbonyl (C=O) groups is 1. The number of hydrogen-bond donors (Lipinski definition) is 0. The minimum atomic E-state index is -0.256. The maximum atomic E-state index is 11.7. The van der Waals surface area contributed by atoms with E-state index in [9.17, 15) is 4.79 Å². The highest BCUT2D eigenvalue weighted by atomic mass is 32.2. The topological polar surface area (TPSA) is 26.3 Å². The highest BCUT2D eigenvalue weighted by molar-refractivity contribution is 8.00. The minimum Gasteiger partial charge on any atom is -0.468 e. The fourth-order valence-corrected chi connectivity index (χ4v) is 2.65. The van der Waals surface area contributed by atoms with E-state index in [0.717, 1.165) is 11.3 Å². The van der Waals surface area contributed by atoms with Gasteiger partial charge in [-0.05, 0) is 25.0 Å². The third kappa shape index (κ3) is 6.48. The molecule has 1 atom stereocenters. The molecule has 1 aromatic rings. The maximum absolute atomic E-state index is 11.7. The molecule has 1 unspecified atom stereocenters. The molecule has 19 heavy (non-hydrogen) atoms. The molecule has 0 aliphatic carbocycles. The second-order valence-corrected chi connectivity index (χ2v) is 5.51. The second kappa shape index (κ2) is 9.68. The van der Waals surface area contributed by atoms with Crippen molar-refractivity contribution in [2.45, 2.75) is 42.8 Å². The molecular formula is C16H22O2S. The molecule has 0 aliphatic rings. The Balaban J connectivity index is 2.55. The fraction of sp³-hybridized carbons (Fsp3) is 0.438. The SMILES string of the molecule is CCCCC/C=C\C(Sc1ccccc1)C(=O)OC. The van der Waals surface area contributed by atoms with Gasteiger partial charge in [0.05, 0.1) is 7.11 Å². The van der Waals surface area contributed by atoms with Crippen LogP contribution in [0.3, 0.4) is 0 Å². The summed E-state index contributed by atoms with van der Waals surface area (Å²) in [6.07, 6.45) is 8.70. The Morgan fingerprint density at radius 1 is 1.32 bits per heavy atom. The minimum absolute atomic E-state index is 0.194. The zero-order valence-corrected chi connectivity index (χ0v) is 12.5. The number of carbonyl (C=O) groups excluding carboxylic acids is 1. The van der Waals surface area contributed by atoms with Crippen LogP contribution in [0.4, 0.5) is 0 Å². The zero-order valence-electron chi connectivity index (χ0n) is 11.7.